The fraction of sp³-hybridized carbons (Fsp3) is 0.346. The third-order valence-corrected chi connectivity index (χ3v) is 14.0. The predicted molar refractivity (Wildman–Crippen MR) is 259 cm³/mol. The van der Waals surface area contributed by atoms with E-state index in [1.54, 1.807) is 27.7 Å². The number of imide groups is 1. The molecule has 1 unspecified atom stereocenters. The first-order valence-corrected chi connectivity index (χ1v) is 23.8. The zero-order valence-electron chi connectivity index (χ0n) is 38.6. The molecule has 0 saturated carbocycles. The van der Waals surface area contributed by atoms with Crippen LogP contribution in [0, 0.1) is 23.0 Å². The van der Waals surface area contributed by atoms with E-state index in [4.69, 9.17) is 4.98 Å². The van der Waals surface area contributed by atoms with Gasteiger partial charge in [-0.2, -0.15) is 10.4 Å². The number of piperazine rings is 2. The van der Waals surface area contributed by atoms with E-state index in [-0.39, 0.29) is 42.3 Å². The van der Waals surface area contributed by atoms with Gasteiger partial charge in [-0.25, -0.2) is 18.3 Å². The maximum absolute atomic E-state index is 15.3. The zero-order valence-corrected chi connectivity index (χ0v) is 38.6. The molecule has 18 heteroatoms. The second-order valence-electron chi connectivity index (χ2n) is 18.4. The van der Waals surface area contributed by atoms with Crippen molar-refractivity contribution in [3.63, 3.8) is 0 Å². The van der Waals surface area contributed by atoms with Gasteiger partial charge in [-0.1, -0.05) is 18.2 Å². The Kier molecular flexibility index (Phi) is 13.2. The number of halogens is 2. The summed E-state index contributed by atoms with van der Waals surface area (Å²) in [4.78, 5) is 69.2. The Balaban J connectivity index is 0.717. The standard InChI is InChI=1S/C52H52F2N12O4/c53-39-4-5-40(56-31-39)27-49(68)64-23-19-63(20-24-64)47-11-3-36(29-57-47)44-25-37(32-66-51(44)38(28-55)30-58-66)34-1-7-42(8-2-34)62-17-21-65(22-18-62)50(69)33-61-15-13-35(14-16-61)43-9-6-41(26-45(43)54)59-46-10-12-48(67)60-52(46)70/h1-9,11,25-26,29-32,35,46,59H,10,12-24,27,33H2,(H,60,67,70). The molecule has 0 aliphatic carbocycles. The number of carbonyl (C=O) groups excluding carboxylic acids is 4. The Hall–Kier alpha value is -7.78. The Morgan fingerprint density at radius 1 is 0.743 bits per heavy atom. The van der Waals surface area contributed by atoms with E-state index < -0.39 is 17.8 Å². The van der Waals surface area contributed by atoms with Crippen LogP contribution in [0.5, 0.6) is 0 Å². The number of hydrogen-bond donors (Lipinski definition) is 2. The Morgan fingerprint density at radius 3 is 2.14 bits per heavy atom. The van der Waals surface area contributed by atoms with Crippen molar-refractivity contribution in [3.05, 3.63) is 126 Å². The van der Waals surface area contributed by atoms with Gasteiger partial charge < -0.3 is 24.9 Å². The Bertz CT molecular complexity index is 2950. The minimum Gasteiger partial charge on any atom is -0.374 e. The fourth-order valence-corrected chi connectivity index (χ4v) is 10.0. The lowest BCUT2D eigenvalue weighted by Crippen LogP contribution is -2.51. The highest BCUT2D eigenvalue weighted by Gasteiger charge is 2.30. The summed E-state index contributed by atoms with van der Waals surface area (Å²) in [6.45, 7) is 6.64. The molecule has 16 nitrogen and oxygen atoms in total. The van der Waals surface area contributed by atoms with Gasteiger partial charge in [0, 0.05) is 105 Å². The van der Waals surface area contributed by atoms with Crippen LogP contribution in [0.25, 0.3) is 27.8 Å². The third-order valence-electron chi connectivity index (χ3n) is 14.0. The molecule has 4 aliphatic heterocycles. The summed E-state index contributed by atoms with van der Waals surface area (Å²) < 4.78 is 30.3. The minimum atomic E-state index is -0.577. The van der Waals surface area contributed by atoms with Crippen molar-refractivity contribution in [1.29, 1.82) is 5.26 Å². The summed E-state index contributed by atoms with van der Waals surface area (Å²) in [5.41, 5.74) is 7.45. The monoisotopic (exact) mass is 946 g/mol. The minimum absolute atomic E-state index is 0.0364. The van der Waals surface area contributed by atoms with Crippen molar-refractivity contribution >= 4 is 46.3 Å². The van der Waals surface area contributed by atoms with Gasteiger partial charge in [0.05, 0.1) is 36.4 Å². The summed E-state index contributed by atoms with van der Waals surface area (Å²) in [5, 5.41) is 19.9. The molecule has 2 N–H and O–H groups in total. The highest BCUT2D eigenvalue weighted by atomic mass is 19.1. The number of amides is 4. The van der Waals surface area contributed by atoms with E-state index in [9.17, 15) is 28.8 Å². The molecule has 70 heavy (non-hydrogen) atoms. The number of aromatic nitrogens is 4. The summed E-state index contributed by atoms with van der Waals surface area (Å²) in [5.74, 6) is -0.573. The number of hydrogen-bond acceptors (Lipinski definition) is 12. The SMILES string of the molecule is N#Cc1cnn2cc(-c3ccc(N4CCN(C(=O)CN5CCC(c6ccc(NC7CCC(=O)NC7=O)cc6F)CC5)CC4)cc3)cc(-c3ccc(N4CCN(C(=O)Cc5ccc(F)cn5)CC4)nc3)c12. The number of nitriles is 1. The molecule has 4 amide bonds. The van der Waals surface area contributed by atoms with E-state index in [1.165, 1.54) is 18.2 Å². The third kappa shape index (κ3) is 10.0. The number of rotatable bonds is 11. The lowest BCUT2D eigenvalue weighted by molar-refractivity contribution is -0.134. The number of piperidine rings is 2. The van der Waals surface area contributed by atoms with E-state index in [0.29, 0.717) is 106 Å². The predicted octanol–water partition coefficient (Wildman–Crippen LogP) is 5.24. The second kappa shape index (κ2) is 20.1. The van der Waals surface area contributed by atoms with Gasteiger partial charge in [0.15, 0.2) is 0 Å². The molecule has 6 aromatic rings. The van der Waals surface area contributed by atoms with Crippen molar-refractivity contribution in [2.24, 2.45) is 0 Å². The molecule has 4 saturated heterocycles. The van der Waals surface area contributed by atoms with Crippen LogP contribution in [0.4, 0.5) is 26.0 Å². The number of carbonyl (C=O) groups is 4. The van der Waals surface area contributed by atoms with Gasteiger partial charge in [-0.3, -0.25) is 34.4 Å². The molecular formula is C52H52F2N12O4. The van der Waals surface area contributed by atoms with Gasteiger partial charge in [0.25, 0.3) is 0 Å². The van der Waals surface area contributed by atoms with Crippen molar-refractivity contribution in [1.82, 2.24) is 39.6 Å². The highest BCUT2D eigenvalue weighted by molar-refractivity contribution is 6.01. The number of nitrogens with one attached hydrogen (secondary N) is 2. The van der Waals surface area contributed by atoms with Gasteiger partial charge >= 0.3 is 0 Å². The molecule has 2 aromatic carbocycles. The number of nitrogens with zero attached hydrogens (tertiary/aromatic N) is 10. The topological polar surface area (TPSA) is 175 Å². The number of fused-ring (bicyclic) bond motifs is 1. The Morgan fingerprint density at radius 2 is 1.47 bits per heavy atom. The van der Waals surface area contributed by atoms with Crippen LogP contribution in [0.15, 0.2) is 97.6 Å². The maximum Gasteiger partial charge on any atom is 0.249 e. The molecule has 1 atom stereocenters. The molecule has 8 heterocycles. The van der Waals surface area contributed by atoms with Crippen LogP contribution >= 0.6 is 0 Å². The van der Waals surface area contributed by atoms with Crippen LogP contribution in [-0.4, -0.2) is 136 Å². The van der Waals surface area contributed by atoms with E-state index in [2.05, 4.69) is 71.8 Å². The van der Waals surface area contributed by atoms with Crippen LogP contribution in [-0.2, 0) is 25.6 Å². The molecule has 0 radical (unpaired) electrons. The first kappa shape index (κ1) is 46.0. The molecule has 0 spiro atoms. The summed E-state index contributed by atoms with van der Waals surface area (Å²) >= 11 is 0. The average Bonchev–Trinajstić information content (AvgIpc) is 3.81. The highest BCUT2D eigenvalue weighted by Crippen LogP contribution is 2.35. The van der Waals surface area contributed by atoms with Crippen molar-refractivity contribution < 1.29 is 28.0 Å². The smallest absolute Gasteiger partial charge is 0.249 e. The first-order chi connectivity index (χ1) is 34.0. The quantitative estimate of drug-likeness (QED) is 0.162. The molecule has 10 rings (SSSR count). The largest absolute Gasteiger partial charge is 0.374 e. The van der Waals surface area contributed by atoms with E-state index in [1.807, 2.05) is 29.4 Å². The number of likely N-dealkylation sites (tertiary alicyclic amines) is 1. The number of anilines is 3. The van der Waals surface area contributed by atoms with Crippen LogP contribution < -0.4 is 20.4 Å². The summed E-state index contributed by atoms with van der Waals surface area (Å²) in [6.07, 6.45) is 8.65. The number of pyridine rings is 3. The van der Waals surface area contributed by atoms with Gasteiger partial charge in [-0.15, -0.1) is 0 Å². The van der Waals surface area contributed by atoms with Crippen molar-refractivity contribution in [3.8, 4) is 28.3 Å². The van der Waals surface area contributed by atoms with Gasteiger partial charge in [0.2, 0.25) is 23.6 Å². The molecule has 0 bridgehead atoms. The van der Waals surface area contributed by atoms with Crippen LogP contribution in [0.3, 0.4) is 0 Å². The van der Waals surface area contributed by atoms with Crippen molar-refractivity contribution in [2.45, 2.75) is 44.1 Å². The van der Waals surface area contributed by atoms with Crippen molar-refractivity contribution in [2.75, 3.05) is 87.1 Å². The van der Waals surface area contributed by atoms with Gasteiger partial charge in [-0.05, 0) is 104 Å². The normalized spacial score (nSPS) is 18.2. The molecule has 4 aromatic heterocycles. The van der Waals surface area contributed by atoms with E-state index in [0.717, 1.165) is 52.8 Å². The summed E-state index contributed by atoms with van der Waals surface area (Å²) in [6, 6.07) is 23.9. The average molecular weight is 947 g/mol. The second-order valence-corrected chi connectivity index (χ2v) is 18.4. The molecule has 358 valence electrons. The van der Waals surface area contributed by atoms with E-state index >= 15 is 4.39 Å². The maximum atomic E-state index is 15.3. The van der Waals surface area contributed by atoms with Gasteiger partial charge in [0.1, 0.15) is 29.6 Å². The lowest BCUT2D eigenvalue weighted by atomic mass is 9.89. The lowest BCUT2D eigenvalue weighted by Gasteiger charge is -2.38. The zero-order chi connectivity index (χ0) is 48.3. The Labute approximate surface area is 403 Å². The first-order valence-electron chi connectivity index (χ1n) is 23.8. The van der Waals surface area contributed by atoms with Crippen LogP contribution in [0.2, 0.25) is 0 Å². The summed E-state index contributed by atoms with van der Waals surface area (Å²) in [7, 11) is 0. The molecule has 4 aliphatic rings. The molecule has 4 fully saturated rings. The number of benzene rings is 2. The fourth-order valence-electron chi connectivity index (χ4n) is 10.0. The van der Waals surface area contributed by atoms with Crippen LogP contribution in [0.1, 0.15) is 48.4 Å². The molecular weight excluding hydrogens is 895 g/mol.